The summed E-state index contributed by atoms with van der Waals surface area (Å²) < 4.78 is 38.4. The van der Waals surface area contributed by atoms with Crippen LogP contribution < -0.4 is 19.1 Å². The number of rotatable bonds is 13. The van der Waals surface area contributed by atoms with Crippen LogP contribution in [0.1, 0.15) is 71.4 Å². The van der Waals surface area contributed by atoms with Gasteiger partial charge in [-0.25, -0.2) is 9.18 Å². The van der Waals surface area contributed by atoms with Crippen molar-refractivity contribution in [2.24, 2.45) is 0 Å². The number of hydrogen-bond acceptors (Lipinski definition) is 9. The van der Waals surface area contributed by atoms with E-state index in [9.17, 15) is 14.7 Å². The molecule has 2 aromatic rings. The quantitative estimate of drug-likeness (QED) is 0.305. The number of esters is 1. The number of para-hydroxylation sites is 2. The molecular weight excluding hydrogens is 569 g/mol. The number of hydrogen-bond donors (Lipinski definition) is 2. The summed E-state index contributed by atoms with van der Waals surface area (Å²) in [7, 11) is 0. The number of benzene rings is 2. The molecule has 2 aliphatic rings. The van der Waals surface area contributed by atoms with E-state index in [4.69, 9.17) is 24.4 Å². The van der Waals surface area contributed by atoms with Gasteiger partial charge in [-0.1, -0.05) is 12.1 Å². The summed E-state index contributed by atoms with van der Waals surface area (Å²) >= 11 is 0. The first-order valence-electron chi connectivity index (χ1n) is 15.3. The molecule has 2 heterocycles. The Kier molecular flexibility index (Phi) is 10.7. The van der Waals surface area contributed by atoms with E-state index in [2.05, 4.69) is 4.90 Å². The highest BCUT2D eigenvalue weighted by Crippen LogP contribution is 2.39. The van der Waals surface area contributed by atoms with Crippen LogP contribution in [0.4, 0.5) is 10.1 Å². The Bertz CT molecular complexity index is 1350. The number of anilines is 1. The molecular formula is C33H44FN3O7. The largest absolute Gasteiger partial charge is 0.490 e. The lowest BCUT2D eigenvalue weighted by molar-refractivity contribution is -0.163. The number of carbonyl (C=O) groups excluding carboxylic acids is 2. The normalized spacial score (nSPS) is 16.0. The molecule has 0 aromatic heterocycles. The smallest absolute Gasteiger partial charge is 0.347 e. The number of aliphatic hydroxyl groups is 1. The summed E-state index contributed by atoms with van der Waals surface area (Å²) in [6.45, 7) is 10.7. The number of Topliss-reactive ketones (excluding diaryl/α,β-unsaturated/α-hetero) is 1. The number of amidine groups is 1. The van der Waals surface area contributed by atoms with Crippen LogP contribution in [0.2, 0.25) is 0 Å². The number of halogens is 1. The van der Waals surface area contributed by atoms with Crippen LogP contribution in [0, 0.1) is 11.2 Å². The Hall–Kier alpha value is -3.86. The molecule has 0 aliphatic carbocycles. The van der Waals surface area contributed by atoms with Crippen LogP contribution >= 0.6 is 0 Å². The van der Waals surface area contributed by atoms with Crippen LogP contribution in [-0.2, 0) is 20.9 Å². The molecule has 1 atom stereocenters. The fraction of sp³-hybridized carbons (Fsp3) is 0.545. The minimum absolute atomic E-state index is 0.0149. The van der Waals surface area contributed by atoms with Crippen LogP contribution in [0.5, 0.6) is 17.2 Å². The molecule has 240 valence electrons. The van der Waals surface area contributed by atoms with Gasteiger partial charge in [0.1, 0.15) is 17.2 Å². The van der Waals surface area contributed by atoms with E-state index in [1.54, 1.807) is 46.8 Å². The van der Waals surface area contributed by atoms with Crippen molar-refractivity contribution >= 4 is 23.3 Å². The van der Waals surface area contributed by atoms with Gasteiger partial charge in [0.05, 0.1) is 37.1 Å². The Morgan fingerprint density at radius 1 is 1.09 bits per heavy atom. The average molecular weight is 614 g/mol. The number of carbonyl (C=O) groups is 2. The molecule has 0 amide bonds. The molecule has 4 rings (SSSR count). The van der Waals surface area contributed by atoms with Gasteiger partial charge in [-0.2, -0.15) is 0 Å². The maximum atomic E-state index is 15.4. The van der Waals surface area contributed by atoms with Gasteiger partial charge in [0.2, 0.25) is 0 Å². The van der Waals surface area contributed by atoms with E-state index in [0.717, 1.165) is 5.69 Å². The SMILES string of the molecule is CCOc1cc2c(c(F)c1OCC)C(=N)N(CC(=O)CCC(Oc1ccccc1N1CCC(O)CC1)C(=O)OC(C)(C)C)C2. The van der Waals surface area contributed by atoms with Crippen molar-refractivity contribution in [1.29, 1.82) is 5.41 Å². The van der Waals surface area contributed by atoms with E-state index in [1.807, 2.05) is 18.2 Å². The van der Waals surface area contributed by atoms with Crippen molar-refractivity contribution in [3.8, 4) is 17.2 Å². The second-order valence-corrected chi connectivity index (χ2v) is 12.0. The highest BCUT2D eigenvalue weighted by Gasteiger charge is 2.34. The Balaban J connectivity index is 1.46. The van der Waals surface area contributed by atoms with Gasteiger partial charge in [-0.05, 0) is 71.2 Å². The first kappa shape index (κ1) is 33.0. The number of aliphatic hydroxyl groups excluding tert-OH is 1. The first-order chi connectivity index (χ1) is 20.9. The molecule has 1 unspecified atom stereocenters. The van der Waals surface area contributed by atoms with E-state index in [-0.39, 0.29) is 67.3 Å². The van der Waals surface area contributed by atoms with Gasteiger partial charge in [-0.15, -0.1) is 0 Å². The van der Waals surface area contributed by atoms with E-state index in [1.165, 1.54) is 4.90 Å². The second-order valence-electron chi connectivity index (χ2n) is 12.0. The number of ether oxygens (including phenoxy) is 4. The van der Waals surface area contributed by atoms with E-state index in [0.29, 0.717) is 43.9 Å². The fourth-order valence-corrected chi connectivity index (χ4v) is 5.41. The van der Waals surface area contributed by atoms with Crippen molar-refractivity contribution in [3.63, 3.8) is 0 Å². The van der Waals surface area contributed by atoms with Crippen LogP contribution in [0.3, 0.4) is 0 Å². The van der Waals surface area contributed by atoms with Gasteiger partial charge < -0.3 is 33.9 Å². The number of fused-ring (bicyclic) bond motifs is 1. The molecule has 11 heteroatoms. The molecule has 0 saturated carbocycles. The van der Waals surface area contributed by atoms with Gasteiger partial charge in [0, 0.05) is 32.5 Å². The predicted molar refractivity (Wildman–Crippen MR) is 164 cm³/mol. The number of piperidine rings is 1. The van der Waals surface area contributed by atoms with Crippen molar-refractivity contribution in [2.75, 3.05) is 37.7 Å². The summed E-state index contributed by atoms with van der Waals surface area (Å²) in [6.07, 6.45) is -0.0650. The van der Waals surface area contributed by atoms with Crippen molar-refractivity contribution in [3.05, 3.63) is 47.3 Å². The first-order valence-corrected chi connectivity index (χ1v) is 15.3. The minimum atomic E-state index is -1.05. The summed E-state index contributed by atoms with van der Waals surface area (Å²) in [5.41, 5.74) is 0.694. The summed E-state index contributed by atoms with van der Waals surface area (Å²) in [5, 5.41) is 18.6. The molecule has 0 spiro atoms. The van der Waals surface area contributed by atoms with Crippen LogP contribution in [-0.4, -0.2) is 78.3 Å². The molecule has 1 saturated heterocycles. The molecule has 2 aliphatic heterocycles. The average Bonchev–Trinajstić information content (AvgIpc) is 3.27. The van der Waals surface area contributed by atoms with Crippen LogP contribution in [0.15, 0.2) is 30.3 Å². The molecule has 2 aromatic carbocycles. The summed E-state index contributed by atoms with van der Waals surface area (Å²) in [4.78, 5) is 30.1. The third-order valence-electron chi connectivity index (χ3n) is 7.43. The lowest BCUT2D eigenvalue weighted by Crippen LogP contribution is -2.38. The third-order valence-corrected chi connectivity index (χ3v) is 7.43. The summed E-state index contributed by atoms with van der Waals surface area (Å²) in [5.74, 6) is -0.856. The lowest BCUT2D eigenvalue weighted by Gasteiger charge is -2.33. The molecule has 0 bridgehead atoms. The van der Waals surface area contributed by atoms with E-state index >= 15 is 4.39 Å². The zero-order valence-electron chi connectivity index (χ0n) is 26.3. The standard InChI is InChI=1S/C33H44FN3O7/c1-6-41-27-18-21-19-37(31(35)28(21)29(34)30(27)42-7-2)20-23(39)12-13-26(32(40)44-33(3,4)5)43-25-11-9-8-10-24(25)36-16-14-22(38)15-17-36/h8-11,18,22,26,35,38H,6-7,12-17,19-20H2,1-5H3. The number of ketones is 1. The fourth-order valence-electron chi connectivity index (χ4n) is 5.41. The predicted octanol–water partition coefficient (Wildman–Crippen LogP) is 4.86. The maximum Gasteiger partial charge on any atom is 0.347 e. The van der Waals surface area contributed by atoms with Gasteiger partial charge in [0.15, 0.2) is 29.2 Å². The van der Waals surface area contributed by atoms with Crippen molar-refractivity contribution in [1.82, 2.24) is 4.90 Å². The Morgan fingerprint density at radius 3 is 2.43 bits per heavy atom. The zero-order chi connectivity index (χ0) is 32.0. The Morgan fingerprint density at radius 2 is 1.77 bits per heavy atom. The Labute approximate surface area is 258 Å². The van der Waals surface area contributed by atoms with Crippen LogP contribution in [0.25, 0.3) is 0 Å². The van der Waals surface area contributed by atoms with Gasteiger partial charge in [0.25, 0.3) is 0 Å². The highest BCUT2D eigenvalue weighted by molar-refractivity contribution is 6.03. The second kappa shape index (κ2) is 14.3. The third kappa shape index (κ3) is 7.99. The highest BCUT2D eigenvalue weighted by atomic mass is 19.1. The summed E-state index contributed by atoms with van der Waals surface area (Å²) in [6, 6.07) is 9.06. The van der Waals surface area contributed by atoms with Crippen molar-refractivity contribution < 1.29 is 38.0 Å². The monoisotopic (exact) mass is 613 g/mol. The van der Waals surface area contributed by atoms with Crippen molar-refractivity contribution in [2.45, 2.75) is 84.7 Å². The lowest BCUT2D eigenvalue weighted by atomic mass is 10.1. The van der Waals surface area contributed by atoms with Gasteiger partial charge in [-0.3, -0.25) is 10.2 Å². The number of nitrogens with zero attached hydrogens (tertiary/aromatic N) is 2. The zero-order valence-corrected chi connectivity index (χ0v) is 26.3. The maximum absolute atomic E-state index is 15.4. The molecule has 1 fully saturated rings. The topological polar surface area (TPSA) is 122 Å². The molecule has 0 radical (unpaired) electrons. The molecule has 2 N–H and O–H groups in total. The minimum Gasteiger partial charge on any atom is -0.490 e. The molecule has 44 heavy (non-hydrogen) atoms. The van der Waals surface area contributed by atoms with Gasteiger partial charge >= 0.3 is 5.97 Å². The van der Waals surface area contributed by atoms with E-state index < -0.39 is 23.5 Å². The number of nitrogens with one attached hydrogen (secondary N) is 1. The molecule has 10 nitrogen and oxygen atoms in total.